The van der Waals surface area contributed by atoms with Crippen molar-refractivity contribution in [3.63, 3.8) is 0 Å². The first kappa shape index (κ1) is 30.1. The van der Waals surface area contributed by atoms with Crippen LogP contribution in [0, 0.1) is 0 Å². The fraction of sp³-hybridized carbons (Fsp3) is 0.387. The maximum Gasteiger partial charge on any atom is 0.338 e. The summed E-state index contributed by atoms with van der Waals surface area (Å²) in [4.78, 5) is 34.9. The van der Waals surface area contributed by atoms with E-state index in [1.54, 1.807) is 24.7 Å². The predicted molar refractivity (Wildman–Crippen MR) is 161 cm³/mol. The number of anilines is 1. The van der Waals surface area contributed by atoms with Gasteiger partial charge < -0.3 is 23.8 Å². The monoisotopic (exact) mass is 579 g/mol. The minimum atomic E-state index is -0.829. The number of hydrogen-bond acceptors (Lipinski definition) is 9. The Kier molecular flexibility index (Phi) is 10.0. The van der Waals surface area contributed by atoms with Crippen LogP contribution in [0.15, 0.2) is 63.5 Å². The number of para-hydroxylation sites is 1. The lowest BCUT2D eigenvalue weighted by Gasteiger charge is -2.27. The third-order valence-electron chi connectivity index (χ3n) is 6.89. The molecule has 10 heteroatoms. The van der Waals surface area contributed by atoms with Gasteiger partial charge in [-0.2, -0.15) is 0 Å². The summed E-state index contributed by atoms with van der Waals surface area (Å²) in [6.45, 7) is 10.4. The van der Waals surface area contributed by atoms with Gasteiger partial charge >= 0.3 is 5.97 Å². The number of rotatable bonds is 12. The van der Waals surface area contributed by atoms with Crippen molar-refractivity contribution in [1.29, 1.82) is 0 Å². The third kappa shape index (κ3) is 6.23. The van der Waals surface area contributed by atoms with E-state index in [1.165, 1.54) is 18.4 Å². The van der Waals surface area contributed by atoms with Crippen molar-refractivity contribution in [2.75, 3.05) is 52.0 Å². The molecular formula is C31H37N3O6S. The number of ether oxygens (including phenoxy) is 4. The average Bonchev–Trinajstić information content (AvgIpc) is 3.28. The van der Waals surface area contributed by atoms with Crippen molar-refractivity contribution in [2.24, 2.45) is 4.99 Å². The lowest BCUT2D eigenvalue weighted by atomic mass is 9.94. The fourth-order valence-electron chi connectivity index (χ4n) is 4.90. The molecule has 0 saturated carbocycles. The molecule has 0 saturated heterocycles. The number of carbonyl (C=O) groups is 1. The average molecular weight is 580 g/mol. The summed E-state index contributed by atoms with van der Waals surface area (Å²) < 4.78 is 24.2. The van der Waals surface area contributed by atoms with Gasteiger partial charge in [-0.15, -0.1) is 0 Å². The molecule has 0 unspecified atom stereocenters. The van der Waals surface area contributed by atoms with Crippen LogP contribution in [-0.4, -0.2) is 57.7 Å². The quantitative estimate of drug-likeness (QED) is 0.239. The summed E-state index contributed by atoms with van der Waals surface area (Å²) >= 11 is 1.28. The fourth-order valence-corrected chi connectivity index (χ4v) is 5.95. The normalized spacial score (nSPS) is 14.9. The summed E-state index contributed by atoms with van der Waals surface area (Å²) in [7, 11) is 3.09. The smallest absolute Gasteiger partial charge is 0.338 e. The number of fused-ring (bicyclic) bond motifs is 1. The van der Waals surface area contributed by atoms with Gasteiger partial charge in [-0.05, 0) is 57.5 Å². The van der Waals surface area contributed by atoms with E-state index in [4.69, 9.17) is 18.9 Å². The molecule has 9 nitrogen and oxygen atoms in total. The Labute approximate surface area is 244 Å². The Morgan fingerprint density at radius 2 is 1.80 bits per heavy atom. The number of aromatic nitrogens is 1. The lowest BCUT2D eigenvalue weighted by Crippen LogP contribution is -2.40. The standard InChI is InChI=1S/C31H37N3O6S/c1-7-33(8-2)22-15-13-21(14-16-22)19-25-29(35)34-27(23-11-10-12-24(38-6)28(23)39-9-3)26(20(4)32-31(34)41-25)30(36)40-18-17-37-5/h10-16,19,27H,7-9,17-18H2,1-6H3/b25-19+/t27-/m0/s1. The number of thiazole rings is 1. The topological polar surface area (TPSA) is 91.6 Å². The Morgan fingerprint density at radius 3 is 2.44 bits per heavy atom. The van der Waals surface area contributed by atoms with Crippen LogP contribution in [0.3, 0.4) is 0 Å². The molecule has 0 spiro atoms. The molecule has 1 aliphatic heterocycles. The second-order valence-corrected chi connectivity index (χ2v) is 10.3. The van der Waals surface area contributed by atoms with E-state index in [1.807, 2.05) is 37.3 Å². The van der Waals surface area contributed by atoms with Gasteiger partial charge in [0.25, 0.3) is 5.56 Å². The molecule has 4 rings (SSSR count). The molecule has 0 radical (unpaired) electrons. The van der Waals surface area contributed by atoms with Crippen LogP contribution in [0.25, 0.3) is 6.08 Å². The zero-order valence-corrected chi connectivity index (χ0v) is 25.2. The van der Waals surface area contributed by atoms with Crippen molar-refractivity contribution in [1.82, 2.24) is 4.57 Å². The van der Waals surface area contributed by atoms with Gasteiger partial charge in [0.2, 0.25) is 0 Å². The maximum absolute atomic E-state index is 14.0. The summed E-state index contributed by atoms with van der Waals surface area (Å²) in [5.74, 6) is 0.391. The number of allylic oxidation sites excluding steroid dienone is 1. The lowest BCUT2D eigenvalue weighted by molar-refractivity contribution is -0.140. The van der Waals surface area contributed by atoms with Crippen LogP contribution in [0.5, 0.6) is 11.5 Å². The van der Waals surface area contributed by atoms with Gasteiger partial charge in [0.1, 0.15) is 12.6 Å². The molecular weight excluding hydrogens is 542 g/mol. The molecule has 218 valence electrons. The second-order valence-electron chi connectivity index (χ2n) is 9.29. The Bertz CT molecular complexity index is 1590. The number of methoxy groups -OCH3 is 2. The highest BCUT2D eigenvalue weighted by molar-refractivity contribution is 7.07. The Morgan fingerprint density at radius 1 is 1.07 bits per heavy atom. The van der Waals surface area contributed by atoms with E-state index in [0.29, 0.717) is 38.7 Å². The van der Waals surface area contributed by atoms with Gasteiger partial charge in [-0.3, -0.25) is 9.36 Å². The van der Waals surface area contributed by atoms with Gasteiger partial charge in [0.15, 0.2) is 16.3 Å². The molecule has 2 aromatic carbocycles. The van der Waals surface area contributed by atoms with Crippen LogP contribution in [-0.2, 0) is 14.3 Å². The van der Waals surface area contributed by atoms with Crippen molar-refractivity contribution in [3.05, 3.63) is 84.5 Å². The third-order valence-corrected chi connectivity index (χ3v) is 7.88. The van der Waals surface area contributed by atoms with Crippen molar-refractivity contribution in [3.8, 4) is 11.5 Å². The molecule has 0 amide bonds. The van der Waals surface area contributed by atoms with Crippen LogP contribution in [0.2, 0.25) is 0 Å². The van der Waals surface area contributed by atoms with E-state index in [-0.39, 0.29) is 24.3 Å². The van der Waals surface area contributed by atoms with Crippen molar-refractivity contribution >= 4 is 29.1 Å². The van der Waals surface area contributed by atoms with E-state index >= 15 is 0 Å². The second kappa shape index (κ2) is 13.6. The molecule has 1 atom stereocenters. The molecule has 0 aliphatic carbocycles. The first-order valence-electron chi connectivity index (χ1n) is 13.7. The van der Waals surface area contributed by atoms with Gasteiger partial charge in [-0.1, -0.05) is 35.6 Å². The van der Waals surface area contributed by atoms with E-state index in [0.717, 1.165) is 24.3 Å². The van der Waals surface area contributed by atoms with Gasteiger partial charge in [0, 0.05) is 31.5 Å². The van der Waals surface area contributed by atoms with Crippen LogP contribution in [0.1, 0.15) is 44.9 Å². The summed E-state index contributed by atoms with van der Waals surface area (Å²) in [6.07, 6.45) is 1.86. The van der Waals surface area contributed by atoms with Crippen LogP contribution >= 0.6 is 11.3 Å². The number of benzene rings is 2. The molecule has 41 heavy (non-hydrogen) atoms. The van der Waals surface area contributed by atoms with E-state index < -0.39 is 12.0 Å². The number of nitrogens with zero attached hydrogens (tertiary/aromatic N) is 3. The van der Waals surface area contributed by atoms with Crippen molar-refractivity contribution in [2.45, 2.75) is 33.7 Å². The summed E-state index contributed by atoms with van der Waals surface area (Å²) in [5.41, 5.74) is 3.11. The SMILES string of the molecule is CCOc1c(OC)cccc1[C@H]1C(C(=O)OCCOC)=C(C)N=c2s/c(=C/c3ccc(N(CC)CC)cc3)c(=O)n21. The zero-order chi connectivity index (χ0) is 29.5. The van der Waals surface area contributed by atoms with Crippen LogP contribution in [0.4, 0.5) is 5.69 Å². The number of carbonyl (C=O) groups excluding carboxylic acids is 1. The molecule has 0 bridgehead atoms. The largest absolute Gasteiger partial charge is 0.493 e. The minimum absolute atomic E-state index is 0.0726. The van der Waals surface area contributed by atoms with Crippen LogP contribution < -0.4 is 29.3 Å². The van der Waals surface area contributed by atoms with E-state index in [9.17, 15) is 9.59 Å². The highest BCUT2D eigenvalue weighted by Crippen LogP contribution is 2.40. The number of esters is 1. The van der Waals surface area contributed by atoms with E-state index in [2.05, 4.69) is 35.9 Å². The first-order valence-corrected chi connectivity index (χ1v) is 14.5. The minimum Gasteiger partial charge on any atom is -0.493 e. The maximum atomic E-state index is 14.0. The Hall–Kier alpha value is -3.89. The molecule has 3 aromatic rings. The highest BCUT2D eigenvalue weighted by Gasteiger charge is 2.36. The molecule has 2 heterocycles. The molecule has 1 aromatic heterocycles. The van der Waals surface area contributed by atoms with Gasteiger partial charge in [0.05, 0.1) is 36.1 Å². The predicted octanol–water partition coefficient (Wildman–Crippen LogP) is 3.68. The van der Waals surface area contributed by atoms with Gasteiger partial charge in [-0.25, -0.2) is 9.79 Å². The number of hydrogen-bond donors (Lipinski definition) is 0. The Balaban J connectivity index is 1.90. The molecule has 0 fully saturated rings. The highest BCUT2D eigenvalue weighted by atomic mass is 32.1. The molecule has 1 aliphatic rings. The van der Waals surface area contributed by atoms with Crippen molar-refractivity contribution < 1.29 is 23.7 Å². The molecule has 0 N–H and O–H groups in total. The first-order chi connectivity index (χ1) is 19.9. The summed E-state index contributed by atoms with van der Waals surface area (Å²) in [5, 5.41) is 0. The summed E-state index contributed by atoms with van der Waals surface area (Å²) in [6, 6.07) is 12.7. The zero-order valence-electron chi connectivity index (χ0n) is 24.4.